The summed E-state index contributed by atoms with van der Waals surface area (Å²) in [6.45, 7) is 6.93. The molecule has 0 radical (unpaired) electrons. The van der Waals surface area contributed by atoms with Gasteiger partial charge in [-0.15, -0.1) is 0 Å². The Morgan fingerprint density at radius 1 is 1.32 bits per heavy atom. The number of likely N-dealkylation sites (tertiary alicyclic amines) is 1. The lowest BCUT2D eigenvalue weighted by Gasteiger charge is -2.19. The molecule has 8 nitrogen and oxygen atoms in total. The van der Waals surface area contributed by atoms with Gasteiger partial charge >= 0.3 is 0 Å². The van der Waals surface area contributed by atoms with E-state index in [1.54, 1.807) is 15.4 Å². The number of aromatic nitrogens is 5. The molecule has 0 spiro atoms. The van der Waals surface area contributed by atoms with Crippen molar-refractivity contribution in [1.82, 2.24) is 29.3 Å². The third-order valence-electron chi connectivity index (χ3n) is 5.09. The maximum absolute atomic E-state index is 11.9. The second-order valence-corrected chi connectivity index (χ2v) is 7.09. The van der Waals surface area contributed by atoms with E-state index in [-0.39, 0.29) is 12.0 Å². The molecule has 0 aliphatic carbocycles. The van der Waals surface area contributed by atoms with E-state index in [0.717, 1.165) is 48.3 Å². The number of aryl methyl sites for hydroxylation is 2. The fourth-order valence-electron chi connectivity index (χ4n) is 3.66. The standard InChI is InChI=1S/C20H24N6O2/c1-4-19(27)25-10-5-6-15(8-11-25)28-20-18-7-9-21-26(18)13-17(22-20)16-12-24(3)23-14(16)2/h4,7,9,12-13,15H,1,5-6,8,10-11H2,2-3H3. The molecule has 1 atom stereocenters. The minimum atomic E-state index is -0.0222. The van der Waals surface area contributed by atoms with Crippen molar-refractivity contribution in [2.24, 2.45) is 7.05 Å². The van der Waals surface area contributed by atoms with Crippen LogP contribution < -0.4 is 4.74 Å². The van der Waals surface area contributed by atoms with Crippen LogP contribution in [-0.4, -0.2) is 54.4 Å². The molecule has 146 valence electrons. The second kappa shape index (κ2) is 7.46. The normalized spacial score (nSPS) is 17.5. The van der Waals surface area contributed by atoms with Gasteiger partial charge in [0.25, 0.3) is 0 Å². The number of nitrogens with zero attached hydrogens (tertiary/aromatic N) is 6. The highest BCUT2D eigenvalue weighted by Crippen LogP contribution is 2.27. The number of carbonyl (C=O) groups is 1. The molecule has 0 N–H and O–H groups in total. The van der Waals surface area contributed by atoms with E-state index in [2.05, 4.69) is 16.8 Å². The summed E-state index contributed by atoms with van der Waals surface area (Å²) in [7, 11) is 1.89. The SMILES string of the molecule is C=CC(=O)N1CCCC(Oc2nc(-c3cn(C)nc3C)cn3nccc23)CC1. The first-order valence-electron chi connectivity index (χ1n) is 9.48. The summed E-state index contributed by atoms with van der Waals surface area (Å²) in [5.41, 5.74) is 3.45. The summed E-state index contributed by atoms with van der Waals surface area (Å²) in [5, 5.41) is 8.77. The predicted molar refractivity (Wildman–Crippen MR) is 105 cm³/mol. The molecule has 4 rings (SSSR count). The zero-order chi connectivity index (χ0) is 19.7. The maximum Gasteiger partial charge on any atom is 0.245 e. The van der Waals surface area contributed by atoms with Crippen LogP contribution in [0.2, 0.25) is 0 Å². The van der Waals surface area contributed by atoms with Gasteiger partial charge in [-0.2, -0.15) is 10.2 Å². The summed E-state index contributed by atoms with van der Waals surface area (Å²) in [5.74, 6) is 0.540. The molecule has 1 aliphatic rings. The van der Waals surface area contributed by atoms with Crippen molar-refractivity contribution in [1.29, 1.82) is 0 Å². The molecule has 3 aromatic heterocycles. The van der Waals surface area contributed by atoms with Crippen LogP contribution in [0.4, 0.5) is 0 Å². The van der Waals surface area contributed by atoms with Crippen LogP contribution >= 0.6 is 0 Å². The average molecular weight is 380 g/mol. The molecule has 1 amide bonds. The molecule has 1 fully saturated rings. The molecular formula is C20H24N6O2. The van der Waals surface area contributed by atoms with Crippen LogP contribution in [0.25, 0.3) is 16.8 Å². The Labute approximate surface area is 163 Å². The third-order valence-corrected chi connectivity index (χ3v) is 5.09. The Kier molecular flexibility index (Phi) is 4.85. The molecule has 1 aliphatic heterocycles. The van der Waals surface area contributed by atoms with E-state index in [9.17, 15) is 4.79 Å². The van der Waals surface area contributed by atoms with Crippen LogP contribution in [0, 0.1) is 6.92 Å². The molecule has 28 heavy (non-hydrogen) atoms. The largest absolute Gasteiger partial charge is 0.473 e. The summed E-state index contributed by atoms with van der Waals surface area (Å²) in [6, 6.07) is 1.90. The van der Waals surface area contributed by atoms with Gasteiger partial charge in [0.2, 0.25) is 11.8 Å². The summed E-state index contributed by atoms with van der Waals surface area (Å²) < 4.78 is 9.88. The van der Waals surface area contributed by atoms with E-state index in [0.29, 0.717) is 12.4 Å². The monoisotopic (exact) mass is 380 g/mol. The number of fused-ring (bicyclic) bond motifs is 1. The summed E-state index contributed by atoms with van der Waals surface area (Å²) in [6.07, 6.45) is 9.47. The maximum atomic E-state index is 11.9. The lowest BCUT2D eigenvalue weighted by molar-refractivity contribution is -0.126. The first kappa shape index (κ1) is 18.2. The molecule has 8 heteroatoms. The van der Waals surface area contributed by atoms with Gasteiger partial charge in [-0.05, 0) is 31.9 Å². The fraction of sp³-hybridized carbons (Fsp3) is 0.400. The lowest BCUT2D eigenvalue weighted by Crippen LogP contribution is -2.30. The van der Waals surface area contributed by atoms with Gasteiger partial charge in [0, 0.05) is 38.3 Å². The van der Waals surface area contributed by atoms with Crippen LogP contribution in [0.15, 0.2) is 37.3 Å². The molecule has 4 heterocycles. The number of amides is 1. The number of hydrogen-bond donors (Lipinski definition) is 0. The third kappa shape index (κ3) is 3.49. The van der Waals surface area contributed by atoms with Gasteiger partial charge < -0.3 is 9.64 Å². The lowest BCUT2D eigenvalue weighted by atomic mass is 10.1. The fourth-order valence-corrected chi connectivity index (χ4v) is 3.66. The van der Waals surface area contributed by atoms with Crippen molar-refractivity contribution < 1.29 is 9.53 Å². The van der Waals surface area contributed by atoms with E-state index in [1.165, 1.54) is 6.08 Å². The van der Waals surface area contributed by atoms with Gasteiger partial charge in [-0.3, -0.25) is 9.48 Å². The van der Waals surface area contributed by atoms with Crippen molar-refractivity contribution >= 4 is 11.4 Å². The van der Waals surface area contributed by atoms with Crippen LogP contribution in [0.3, 0.4) is 0 Å². The van der Waals surface area contributed by atoms with Crippen LogP contribution in [0.5, 0.6) is 5.88 Å². The molecule has 1 unspecified atom stereocenters. The van der Waals surface area contributed by atoms with Crippen molar-refractivity contribution in [2.75, 3.05) is 13.1 Å². The highest BCUT2D eigenvalue weighted by molar-refractivity contribution is 5.87. The Morgan fingerprint density at radius 3 is 2.93 bits per heavy atom. The first-order valence-corrected chi connectivity index (χ1v) is 9.48. The quantitative estimate of drug-likeness (QED) is 0.650. The molecular weight excluding hydrogens is 356 g/mol. The molecule has 0 bridgehead atoms. The Balaban J connectivity index is 1.61. The highest BCUT2D eigenvalue weighted by atomic mass is 16.5. The van der Waals surface area contributed by atoms with E-state index >= 15 is 0 Å². The minimum absolute atomic E-state index is 0.000870. The van der Waals surface area contributed by atoms with Gasteiger partial charge in [0.15, 0.2) is 0 Å². The van der Waals surface area contributed by atoms with Crippen molar-refractivity contribution in [2.45, 2.75) is 32.3 Å². The molecule has 3 aromatic rings. The number of carbonyl (C=O) groups excluding carboxylic acids is 1. The van der Waals surface area contributed by atoms with Gasteiger partial charge in [-0.25, -0.2) is 9.50 Å². The van der Waals surface area contributed by atoms with Gasteiger partial charge in [0.1, 0.15) is 11.6 Å². The number of ether oxygens (including phenoxy) is 1. The van der Waals surface area contributed by atoms with Crippen LogP contribution in [-0.2, 0) is 11.8 Å². The Bertz CT molecular complexity index is 1020. The average Bonchev–Trinajstić information content (AvgIpc) is 3.21. The predicted octanol–water partition coefficient (Wildman–Crippen LogP) is 2.38. The number of hydrogen-bond acceptors (Lipinski definition) is 5. The number of rotatable bonds is 4. The first-order chi connectivity index (χ1) is 13.5. The molecule has 0 aromatic carbocycles. The van der Waals surface area contributed by atoms with Crippen molar-refractivity contribution in [3.63, 3.8) is 0 Å². The molecule has 0 saturated carbocycles. The Morgan fingerprint density at radius 2 is 2.18 bits per heavy atom. The summed E-state index contributed by atoms with van der Waals surface area (Å²) >= 11 is 0. The van der Waals surface area contributed by atoms with Crippen LogP contribution in [0.1, 0.15) is 25.0 Å². The van der Waals surface area contributed by atoms with E-state index < -0.39 is 0 Å². The summed E-state index contributed by atoms with van der Waals surface area (Å²) in [4.78, 5) is 18.5. The zero-order valence-corrected chi connectivity index (χ0v) is 16.2. The Hall–Kier alpha value is -3.16. The van der Waals surface area contributed by atoms with Crippen molar-refractivity contribution in [3.05, 3.63) is 43.0 Å². The zero-order valence-electron chi connectivity index (χ0n) is 16.2. The molecule has 1 saturated heterocycles. The minimum Gasteiger partial charge on any atom is -0.473 e. The van der Waals surface area contributed by atoms with Gasteiger partial charge in [0.05, 0.1) is 23.8 Å². The van der Waals surface area contributed by atoms with E-state index in [4.69, 9.17) is 9.72 Å². The van der Waals surface area contributed by atoms with Crippen molar-refractivity contribution in [3.8, 4) is 17.1 Å². The topological polar surface area (TPSA) is 77.6 Å². The highest BCUT2D eigenvalue weighted by Gasteiger charge is 2.22. The van der Waals surface area contributed by atoms with Gasteiger partial charge in [-0.1, -0.05) is 6.58 Å². The van der Waals surface area contributed by atoms with E-state index in [1.807, 2.05) is 37.3 Å². The smallest absolute Gasteiger partial charge is 0.245 e. The second-order valence-electron chi connectivity index (χ2n) is 7.09.